The first-order valence-electron chi connectivity index (χ1n) is 6.92. The maximum atomic E-state index is 12.9. The molecule has 3 N–H and O–H groups in total. The molecule has 2 fully saturated rings. The van der Waals surface area contributed by atoms with E-state index < -0.39 is 23.9 Å². The Morgan fingerprint density at radius 3 is 2.42 bits per heavy atom. The molecule has 0 aromatic rings. The van der Waals surface area contributed by atoms with Crippen LogP contribution in [0.2, 0.25) is 0 Å². The second kappa shape index (κ2) is 5.31. The number of hydrogen-bond donors (Lipinski definition) is 2. The summed E-state index contributed by atoms with van der Waals surface area (Å²) in [5.41, 5.74) is 5.56. The molecule has 110 valence electrons. The lowest BCUT2D eigenvalue weighted by Crippen LogP contribution is -2.44. The Bertz CT molecular complexity index is 339. The first-order valence-corrected chi connectivity index (χ1v) is 6.92. The van der Waals surface area contributed by atoms with Crippen LogP contribution in [0.1, 0.15) is 38.5 Å². The minimum Gasteiger partial charge on any atom is -0.355 e. The van der Waals surface area contributed by atoms with Crippen molar-refractivity contribution in [2.24, 2.45) is 23.0 Å². The smallest absolute Gasteiger partial charge is 0.355 e. The summed E-state index contributed by atoms with van der Waals surface area (Å²) in [4.78, 5) is 12.0. The largest absolute Gasteiger partial charge is 0.392 e. The monoisotopic (exact) mass is 278 g/mol. The van der Waals surface area contributed by atoms with Gasteiger partial charge in [0.15, 0.2) is 0 Å². The van der Waals surface area contributed by atoms with E-state index in [1.165, 1.54) is 0 Å². The third kappa shape index (κ3) is 3.41. The topological polar surface area (TPSA) is 55.1 Å². The highest BCUT2D eigenvalue weighted by atomic mass is 19.4. The molecule has 1 amide bonds. The van der Waals surface area contributed by atoms with Crippen LogP contribution in [0.25, 0.3) is 0 Å². The zero-order valence-electron chi connectivity index (χ0n) is 10.9. The Labute approximate surface area is 111 Å². The number of halogens is 3. The molecular weight excluding hydrogens is 257 g/mol. The summed E-state index contributed by atoms with van der Waals surface area (Å²) < 4.78 is 38.7. The molecule has 2 aliphatic rings. The zero-order chi connectivity index (χ0) is 14.1. The molecule has 19 heavy (non-hydrogen) atoms. The van der Waals surface area contributed by atoms with Gasteiger partial charge in [0.1, 0.15) is 0 Å². The first-order chi connectivity index (χ1) is 8.88. The van der Waals surface area contributed by atoms with Gasteiger partial charge in [0.05, 0.1) is 5.92 Å². The van der Waals surface area contributed by atoms with Crippen LogP contribution < -0.4 is 11.1 Å². The normalized spacial score (nSPS) is 29.9. The fourth-order valence-corrected chi connectivity index (χ4v) is 2.87. The highest BCUT2D eigenvalue weighted by Gasteiger charge is 2.48. The quantitative estimate of drug-likeness (QED) is 0.828. The lowest BCUT2D eigenvalue weighted by atomic mass is 9.78. The summed E-state index contributed by atoms with van der Waals surface area (Å²) in [5.74, 6) is -2.83. The van der Waals surface area contributed by atoms with Crippen LogP contribution >= 0.6 is 0 Å². The summed E-state index contributed by atoms with van der Waals surface area (Å²) >= 11 is 0. The average molecular weight is 278 g/mol. The molecule has 0 aliphatic heterocycles. The van der Waals surface area contributed by atoms with E-state index in [4.69, 9.17) is 5.73 Å². The number of amides is 1. The predicted octanol–water partition coefficient (Wildman–Crippen LogP) is 2.21. The Morgan fingerprint density at radius 2 is 1.89 bits per heavy atom. The van der Waals surface area contributed by atoms with E-state index in [1.807, 2.05) is 0 Å². The molecule has 0 bridgehead atoms. The molecule has 2 saturated carbocycles. The second-order valence-corrected chi connectivity index (χ2v) is 5.96. The Morgan fingerprint density at radius 1 is 1.26 bits per heavy atom. The number of nitrogens with two attached hydrogens (primary N) is 1. The summed E-state index contributed by atoms with van der Waals surface area (Å²) in [6, 6.07) is 0. The van der Waals surface area contributed by atoms with Crippen molar-refractivity contribution in [1.82, 2.24) is 5.32 Å². The molecule has 0 spiro atoms. The molecule has 6 heteroatoms. The van der Waals surface area contributed by atoms with Crippen molar-refractivity contribution >= 4 is 5.91 Å². The van der Waals surface area contributed by atoms with E-state index in [0.717, 1.165) is 12.8 Å². The molecular formula is C13H21F3N2O. The van der Waals surface area contributed by atoms with E-state index in [0.29, 0.717) is 32.4 Å². The summed E-state index contributed by atoms with van der Waals surface area (Å²) in [6.45, 7) is 0.907. The summed E-state index contributed by atoms with van der Waals surface area (Å²) in [5, 5.41) is 2.69. The van der Waals surface area contributed by atoms with Crippen molar-refractivity contribution < 1.29 is 18.0 Å². The third-order valence-electron chi connectivity index (χ3n) is 4.55. The van der Waals surface area contributed by atoms with Gasteiger partial charge in [-0.1, -0.05) is 12.8 Å². The van der Waals surface area contributed by atoms with Crippen molar-refractivity contribution in [2.45, 2.75) is 44.7 Å². The zero-order valence-corrected chi connectivity index (χ0v) is 10.9. The van der Waals surface area contributed by atoms with Crippen molar-refractivity contribution in [3.63, 3.8) is 0 Å². The Hall–Kier alpha value is -0.780. The van der Waals surface area contributed by atoms with E-state index in [1.54, 1.807) is 0 Å². The number of hydrogen-bond acceptors (Lipinski definition) is 2. The van der Waals surface area contributed by atoms with Gasteiger partial charge >= 0.3 is 6.18 Å². The van der Waals surface area contributed by atoms with Crippen LogP contribution in [0, 0.1) is 17.3 Å². The fraction of sp³-hybridized carbons (Fsp3) is 0.923. The van der Waals surface area contributed by atoms with Crippen molar-refractivity contribution in [3.05, 3.63) is 0 Å². The predicted molar refractivity (Wildman–Crippen MR) is 65.2 cm³/mol. The number of carbonyl (C=O) groups is 1. The first kappa shape index (κ1) is 14.6. The molecule has 3 nitrogen and oxygen atoms in total. The maximum Gasteiger partial charge on any atom is 0.392 e. The van der Waals surface area contributed by atoms with Gasteiger partial charge < -0.3 is 11.1 Å². The van der Waals surface area contributed by atoms with E-state index in [2.05, 4.69) is 5.32 Å². The number of rotatable bonds is 4. The molecule has 0 saturated heterocycles. The van der Waals surface area contributed by atoms with Crippen molar-refractivity contribution in [2.75, 3.05) is 13.1 Å². The van der Waals surface area contributed by atoms with Crippen LogP contribution in [0.5, 0.6) is 0 Å². The molecule has 0 aromatic heterocycles. The van der Waals surface area contributed by atoms with Crippen LogP contribution in [-0.2, 0) is 4.79 Å². The van der Waals surface area contributed by atoms with Gasteiger partial charge in [0, 0.05) is 12.5 Å². The van der Waals surface area contributed by atoms with Gasteiger partial charge in [0.2, 0.25) is 5.91 Å². The lowest BCUT2D eigenvalue weighted by Gasteiger charge is -2.32. The van der Waals surface area contributed by atoms with Gasteiger partial charge in [-0.3, -0.25) is 4.79 Å². The lowest BCUT2D eigenvalue weighted by molar-refractivity contribution is -0.198. The van der Waals surface area contributed by atoms with Crippen molar-refractivity contribution in [1.29, 1.82) is 0 Å². The third-order valence-corrected chi connectivity index (χ3v) is 4.55. The minimum atomic E-state index is -4.27. The van der Waals surface area contributed by atoms with Crippen LogP contribution in [-0.4, -0.2) is 25.2 Å². The SMILES string of the molecule is NCC1(CNC(=O)C2CCCCC2C(F)(F)F)CC1. The van der Waals surface area contributed by atoms with Crippen LogP contribution in [0.4, 0.5) is 13.2 Å². The van der Waals surface area contributed by atoms with Gasteiger partial charge in [-0.2, -0.15) is 13.2 Å². The fourth-order valence-electron chi connectivity index (χ4n) is 2.87. The molecule has 2 atom stereocenters. The minimum absolute atomic E-state index is 0.0436. The highest BCUT2D eigenvalue weighted by molar-refractivity contribution is 5.79. The summed E-state index contributed by atoms with van der Waals surface area (Å²) in [6.07, 6.45) is -0.690. The second-order valence-electron chi connectivity index (χ2n) is 5.96. The van der Waals surface area contributed by atoms with Crippen LogP contribution in [0.15, 0.2) is 0 Å². The Kier molecular flexibility index (Phi) is 4.08. The highest BCUT2D eigenvalue weighted by Crippen LogP contribution is 2.44. The Balaban J connectivity index is 1.92. The number of alkyl halides is 3. The van der Waals surface area contributed by atoms with Gasteiger partial charge in [-0.15, -0.1) is 0 Å². The molecule has 0 radical (unpaired) electrons. The number of carbonyl (C=O) groups excluding carboxylic acids is 1. The molecule has 0 aromatic carbocycles. The molecule has 2 rings (SSSR count). The molecule has 0 heterocycles. The van der Waals surface area contributed by atoms with Gasteiger partial charge in [-0.05, 0) is 37.6 Å². The average Bonchev–Trinajstić information content (AvgIpc) is 3.16. The van der Waals surface area contributed by atoms with E-state index in [-0.39, 0.29) is 11.8 Å². The standard InChI is InChI=1S/C13H21F3N2O/c14-13(15,16)10-4-2-1-3-9(10)11(19)18-8-12(7-17)5-6-12/h9-10H,1-8,17H2,(H,18,19). The van der Waals surface area contributed by atoms with Gasteiger partial charge in [0.25, 0.3) is 0 Å². The van der Waals surface area contributed by atoms with Gasteiger partial charge in [-0.25, -0.2) is 0 Å². The van der Waals surface area contributed by atoms with E-state index >= 15 is 0 Å². The maximum absolute atomic E-state index is 12.9. The summed E-state index contributed by atoms with van der Waals surface area (Å²) in [7, 11) is 0. The number of nitrogens with one attached hydrogen (secondary N) is 1. The molecule has 2 aliphatic carbocycles. The van der Waals surface area contributed by atoms with Crippen molar-refractivity contribution in [3.8, 4) is 0 Å². The van der Waals surface area contributed by atoms with E-state index in [9.17, 15) is 18.0 Å². The van der Waals surface area contributed by atoms with Crippen LogP contribution in [0.3, 0.4) is 0 Å². The molecule has 2 unspecified atom stereocenters.